The summed E-state index contributed by atoms with van der Waals surface area (Å²) in [7, 11) is -3.33. The average molecular weight is 174 g/mol. The van der Waals surface area contributed by atoms with E-state index in [1.54, 1.807) is 6.92 Å². The lowest BCUT2D eigenvalue weighted by Gasteiger charge is -2.01. The quantitative estimate of drug-likeness (QED) is 0.536. The Morgan fingerprint density at radius 2 is 2.36 bits per heavy atom. The van der Waals surface area contributed by atoms with Crippen LogP contribution >= 0.6 is 7.82 Å². The molecule has 0 aliphatic carbocycles. The van der Waals surface area contributed by atoms with Crippen molar-refractivity contribution >= 4 is 7.82 Å². The van der Waals surface area contributed by atoms with Crippen LogP contribution in [0.5, 0.6) is 11.6 Å². The van der Waals surface area contributed by atoms with Crippen molar-refractivity contribution < 1.29 is 18.2 Å². The van der Waals surface area contributed by atoms with Crippen LogP contribution in [0.25, 0.3) is 0 Å². The molecule has 3 heterocycles. The van der Waals surface area contributed by atoms with Gasteiger partial charge in [-0.1, -0.05) is 0 Å². The van der Waals surface area contributed by atoms with Gasteiger partial charge in [-0.25, -0.2) is 0 Å². The summed E-state index contributed by atoms with van der Waals surface area (Å²) in [6, 6.07) is 0. The van der Waals surface area contributed by atoms with Gasteiger partial charge in [0.1, 0.15) is 5.69 Å². The predicted octanol–water partition coefficient (Wildman–Crippen LogP) is 0.513. The van der Waals surface area contributed by atoms with E-state index < -0.39 is 7.82 Å². The van der Waals surface area contributed by atoms with Crippen molar-refractivity contribution in [2.24, 2.45) is 0 Å². The van der Waals surface area contributed by atoms with Crippen molar-refractivity contribution in [2.75, 3.05) is 0 Å². The smallest absolute Gasteiger partial charge is 0.377 e. The maximum absolute atomic E-state index is 11.2. The lowest BCUT2D eigenvalue weighted by atomic mass is 10.4. The Balaban J connectivity index is 2.42. The summed E-state index contributed by atoms with van der Waals surface area (Å²) in [4.78, 5) is 1.09. The van der Waals surface area contributed by atoms with Crippen LogP contribution in [0.15, 0.2) is 0 Å². The molecule has 7 heteroatoms. The Morgan fingerprint density at radius 3 is 2.91 bits per heavy atom. The molecule has 6 nitrogen and oxygen atoms in total. The van der Waals surface area contributed by atoms with E-state index in [4.69, 9.17) is 13.7 Å². The number of fused-ring (bicyclic) bond motifs is 1. The van der Waals surface area contributed by atoms with Gasteiger partial charge in [0.25, 0.3) is 0 Å². The van der Waals surface area contributed by atoms with Crippen LogP contribution in [0, 0.1) is 6.92 Å². The van der Waals surface area contributed by atoms with E-state index in [9.17, 15) is 4.57 Å². The van der Waals surface area contributed by atoms with Crippen LogP contribution < -0.4 is 13.7 Å². The molecule has 2 bridgehead atoms. The summed E-state index contributed by atoms with van der Waals surface area (Å²) in [5.74, 6) is 0.741. The molecule has 1 atom stereocenters. The van der Waals surface area contributed by atoms with Crippen LogP contribution in [0.4, 0.5) is 0 Å². The lowest BCUT2D eigenvalue weighted by molar-refractivity contribution is 0.216. The van der Waals surface area contributed by atoms with Crippen molar-refractivity contribution in [3.8, 4) is 11.6 Å². The van der Waals surface area contributed by atoms with Crippen molar-refractivity contribution in [2.45, 2.75) is 6.92 Å². The van der Waals surface area contributed by atoms with E-state index in [0.29, 0.717) is 17.3 Å². The number of hydrogen-bond acceptors (Lipinski definition) is 5. The standard InChI is InChI=1S/C4H3N2O4P/c1-2-3-4-6(5-2)10-11(7,8-3)9-4/h1H3. The van der Waals surface area contributed by atoms with E-state index in [2.05, 4.69) is 5.10 Å². The second kappa shape index (κ2) is 1.25. The van der Waals surface area contributed by atoms with Gasteiger partial charge in [0.2, 0.25) is 5.75 Å². The highest BCUT2D eigenvalue weighted by Gasteiger charge is 2.53. The summed E-state index contributed by atoms with van der Waals surface area (Å²) in [6.07, 6.45) is 0. The molecule has 0 aromatic carbocycles. The molecule has 2 aliphatic heterocycles. The minimum absolute atomic E-state index is 0.311. The Morgan fingerprint density at radius 1 is 1.55 bits per heavy atom. The molecule has 2 aliphatic rings. The molecule has 1 unspecified atom stereocenters. The van der Waals surface area contributed by atoms with E-state index in [0.717, 1.165) is 4.85 Å². The number of aryl methyl sites for hydroxylation is 1. The lowest BCUT2D eigenvalue weighted by Crippen LogP contribution is -2.06. The maximum Gasteiger partial charge on any atom is 0.669 e. The second-order valence-electron chi connectivity index (χ2n) is 2.30. The highest BCUT2D eigenvalue weighted by molar-refractivity contribution is 7.50. The first kappa shape index (κ1) is 5.49. The molecule has 1 aromatic heterocycles. The van der Waals surface area contributed by atoms with Gasteiger partial charge >= 0.3 is 13.7 Å². The Bertz CT molecular complexity index is 391. The zero-order valence-electron chi connectivity index (χ0n) is 5.47. The van der Waals surface area contributed by atoms with Crippen LogP contribution in [-0.4, -0.2) is 9.94 Å². The van der Waals surface area contributed by atoms with Crippen LogP contribution in [0.2, 0.25) is 0 Å². The van der Waals surface area contributed by atoms with E-state index in [1.807, 2.05) is 0 Å². The largest absolute Gasteiger partial charge is 0.669 e. The van der Waals surface area contributed by atoms with Gasteiger partial charge < -0.3 is 9.05 Å². The fraction of sp³-hybridized carbons (Fsp3) is 0.250. The Labute approximate surface area is 61.2 Å². The van der Waals surface area contributed by atoms with E-state index >= 15 is 0 Å². The average Bonchev–Trinajstić information content (AvgIpc) is 2.41. The predicted molar refractivity (Wildman–Crippen MR) is 32.4 cm³/mol. The maximum atomic E-state index is 11.2. The Hall–Kier alpha value is -1.16. The van der Waals surface area contributed by atoms with Crippen LogP contribution in [0.3, 0.4) is 0 Å². The SMILES string of the molecule is Cc1nn2c3c1OP(=O)(O3)O2. The second-order valence-corrected chi connectivity index (χ2v) is 3.73. The minimum Gasteiger partial charge on any atom is -0.377 e. The molecule has 0 saturated carbocycles. The number of hydrogen-bond donors (Lipinski definition) is 0. The topological polar surface area (TPSA) is 62.6 Å². The van der Waals surface area contributed by atoms with Crippen LogP contribution in [-0.2, 0) is 4.57 Å². The molecule has 1 aromatic rings. The summed E-state index contributed by atoms with van der Waals surface area (Å²) in [5.41, 5.74) is 0.621. The molecule has 11 heavy (non-hydrogen) atoms. The van der Waals surface area contributed by atoms with Gasteiger partial charge in [0, 0.05) is 0 Å². The fourth-order valence-corrected chi connectivity index (χ4v) is 2.27. The van der Waals surface area contributed by atoms with E-state index in [-0.39, 0.29) is 0 Å². The molecule has 3 rings (SSSR count). The van der Waals surface area contributed by atoms with Crippen molar-refractivity contribution in [1.82, 2.24) is 9.94 Å². The van der Waals surface area contributed by atoms with Crippen molar-refractivity contribution in [1.29, 1.82) is 0 Å². The first-order valence-electron chi connectivity index (χ1n) is 2.97. The van der Waals surface area contributed by atoms with Gasteiger partial charge in [-0.2, -0.15) is 4.57 Å². The summed E-state index contributed by atoms with van der Waals surface area (Å²) < 4.78 is 25.6. The Kier molecular flexibility index (Phi) is 0.624. The van der Waals surface area contributed by atoms with Gasteiger partial charge in [0.15, 0.2) is 0 Å². The third-order valence-corrected chi connectivity index (χ3v) is 2.67. The monoisotopic (exact) mass is 174 g/mol. The summed E-state index contributed by atoms with van der Waals surface area (Å²) >= 11 is 0. The molecular formula is C4H3N2O4P. The van der Waals surface area contributed by atoms with Gasteiger partial charge in [-0.15, -0.1) is 5.10 Å². The number of rotatable bonds is 0. The van der Waals surface area contributed by atoms with Gasteiger partial charge in [-0.3, -0.25) is 4.62 Å². The minimum atomic E-state index is -3.33. The molecule has 58 valence electrons. The third-order valence-electron chi connectivity index (χ3n) is 1.52. The number of nitrogens with zero attached hydrogens (tertiary/aromatic N) is 2. The zero-order valence-corrected chi connectivity index (χ0v) is 6.37. The number of phosphoric acid groups is 1. The first-order valence-corrected chi connectivity index (χ1v) is 4.43. The van der Waals surface area contributed by atoms with Crippen LogP contribution in [0.1, 0.15) is 5.69 Å². The molecule has 0 fully saturated rings. The number of aromatic nitrogens is 2. The zero-order chi connectivity index (χ0) is 7.64. The molecular weight excluding hydrogens is 171 g/mol. The molecule has 0 radical (unpaired) electrons. The van der Waals surface area contributed by atoms with Crippen molar-refractivity contribution in [3.63, 3.8) is 0 Å². The molecule has 0 spiro atoms. The number of phosphoric ester groups is 1. The highest BCUT2D eigenvalue weighted by atomic mass is 31.2. The van der Waals surface area contributed by atoms with Crippen molar-refractivity contribution in [3.05, 3.63) is 5.69 Å². The summed E-state index contributed by atoms with van der Waals surface area (Å²) in [5, 5.41) is 3.85. The fourth-order valence-electron chi connectivity index (χ4n) is 1.07. The molecule has 0 N–H and O–H groups in total. The van der Waals surface area contributed by atoms with Gasteiger partial charge in [0.05, 0.1) is 0 Å². The molecule has 0 saturated heterocycles. The summed E-state index contributed by atoms with van der Waals surface area (Å²) in [6.45, 7) is 1.73. The third kappa shape index (κ3) is 0.464. The first-order chi connectivity index (χ1) is 5.18. The molecule has 0 amide bonds. The highest BCUT2D eigenvalue weighted by Crippen LogP contribution is 2.62. The van der Waals surface area contributed by atoms with Gasteiger partial charge in [-0.05, 0) is 11.8 Å². The van der Waals surface area contributed by atoms with E-state index in [1.165, 1.54) is 0 Å². The normalized spacial score (nSPS) is 29.5.